The number of carbonyl (C=O) groups is 2. The van der Waals surface area contributed by atoms with Gasteiger partial charge in [0.25, 0.3) is 0 Å². The lowest BCUT2D eigenvalue weighted by Crippen LogP contribution is -2.39. The van der Waals surface area contributed by atoms with Gasteiger partial charge in [0.05, 0.1) is 34.0 Å². The molecule has 8 heteroatoms. The summed E-state index contributed by atoms with van der Waals surface area (Å²) in [6.45, 7) is 0. The van der Waals surface area contributed by atoms with Gasteiger partial charge >= 0.3 is 0 Å². The fourth-order valence-corrected chi connectivity index (χ4v) is 6.09. The number of carbonyl (C=O) groups excluding carboxylic acids is 2. The van der Waals surface area contributed by atoms with E-state index < -0.39 is 18.5 Å². The van der Waals surface area contributed by atoms with Gasteiger partial charge in [0.1, 0.15) is 33.7 Å². The molecule has 1 unspecified atom stereocenters. The van der Waals surface area contributed by atoms with Gasteiger partial charge in [-0.25, -0.2) is 0 Å². The van der Waals surface area contributed by atoms with Crippen molar-refractivity contribution in [2.45, 2.75) is 37.3 Å². The normalized spacial score (nSPS) is 15.4. The standard InChI is InChI=1S/C24H28O7P/c1-28-16-11-12-17(20(15-16)31-4)22(25)24(13-6-5-7-14-24)32(27)23(26)21-18(29-2)9-8-10-19(21)30-3/h8-12,15H,5-7,13-14H2,1-4H3. The molecule has 1 saturated carbocycles. The van der Waals surface area contributed by atoms with Crippen molar-refractivity contribution in [3.8, 4) is 23.0 Å². The summed E-state index contributed by atoms with van der Waals surface area (Å²) in [5, 5.41) is -1.32. The number of Topliss-reactive ketones (excluding diaryl/α,β-unsaturated/α-hetero) is 1. The third-order valence-electron chi connectivity index (χ3n) is 5.97. The summed E-state index contributed by atoms with van der Waals surface area (Å²) < 4.78 is 35.2. The van der Waals surface area contributed by atoms with Crippen molar-refractivity contribution in [2.24, 2.45) is 0 Å². The molecule has 0 saturated heterocycles. The highest BCUT2D eigenvalue weighted by molar-refractivity contribution is 7.67. The van der Waals surface area contributed by atoms with Crippen molar-refractivity contribution >= 4 is 19.1 Å². The molecule has 0 bridgehead atoms. The Morgan fingerprint density at radius 3 is 1.94 bits per heavy atom. The molecule has 1 atom stereocenters. The van der Waals surface area contributed by atoms with E-state index in [0.29, 0.717) is 42.7 Å². The lowest BCUT2D eigenvalue weighted by atomic mass is 9.82. The van der Waals surface area contributed by atoms with Crippen molar-refractivity contribution in [3.05, 3.63) is 47.5 Å². The summed E-state index contributed by atoms with van der Waals surface area (Å²) in [6.07, 6.45) is 3.06. The van der Waals surface area contributed by atoms with Gasteiger partial charge in [-0.1, -0.05) is 25.3 Å². The summed E-state index contributed by atoms with van der Waals surface area (Å²) >= 11 is 0. The van der Waals surface area contributed by atoms with Crippen LogP contribution in [0, 0.1) is 0 Å². The molecule has 7 nitrogen and oxygen atoms in total. The number of ketones is 1. The molecule has 171 valence electrons. The van der Waals surface area contributed by atoms with E-state index in [-0.39, 0.29) is 22.8 Å². The molecule has 3 rings (SSSR count). The maximum Gasteiger partial charge on any atom is 0.250 e. The zero-order valence-electron chi connectivity index (χ0n) is 18.8. The van der Waals surface area contributed by atoms with Crippen LogP contribution in [0.4, 0.5) is 0 Å². The Morgan fingerprint density at radius 2 is 1.41 bits per heavy atom. The lowest BCUT2D eigenvalue weighted by Gasteiger charge is -2.34. The predicted molar refractivity (Wildman–Crippen MR) is 121 cm³/mol. The van der Waals surface area contributed by atoms with Crippen molar-refractivity contribution in [2.75, 3.05) is 28.4 Å². The van der Waals surface area contributed by atoms with Crippen LogP contribution in [0.1, 0.15) is 52.8 Å². The Labute approximate surface area is 188 Å². The van der Waals surface area contributed by atoms with E-state index in [1.807, 2.05) is 0 Å². The van der Waals surface area contributed by atoms with Gasteiger partial charge in [-0.2, -0.15) is 0 Å². The molecule has 2 aromatic carbocycles. The molecule has 0 aromatic heterocycles. The number of ether oxygens (including phenoxy) is 4. The summed E-state index contributed by atoms with van der Waals surface area (Å²) in [5.41, 5.74) is -0.256. The van der Waals surface area contributed by atoms with E-state index in [1.165, 1.54) is 28.4 Å². The Morgan fingerprint density at radius 1 is 0.812 bits per heavy atom. The number of hydrogen-bond donors (Lipinski definition) is 0. The fourth-order valence-electron chi connectivity index (χ4n) is 4.25. The van der Waals surface area contributed by atoms with E-state index in [2.05, 4.69) is 0 Å². The molecule has 1 aliphatic carbocycles. The molecule has 1 fully saturated rings. The minimum atomic E-state index is -2.64. The third kappa shape index (κ3) is 4.22. The van der Waals surface area contributed by atoms with Gasteiger partial charge in [-0.05, 0) is 37.1 Å². The van der Waals surface area contributed by atoms with E-state index in [4.69, 9.17) is 18.9 Å². The second kappa shape index (κ2) is 10.1. The van der Waals surface area contributed by atoms with Crippen molar-refractivity contribution in [1.29, 1.82) is 0 Å². The summed E-state index contributed by atoms with van der Waals surface area (Å²) in [7, 11) is 3.21. The van der Waals surface area contributed by atoms with Gasteiger partial charge in [-0.3, -0.25) is 14.2 Å². The van der Waals surface area contributed by atoms with E-state index in [1.54, 1.807) is 36.4 Å². The molecule has 1 aliphatic rings. The van der Waals surface area contributed by atoms with Crippen LogP contribution in [0.25, 0.3) is 0 Å². The van der Waals surface area contributed by atoms with Crippen LogP contribution in [0.15, 0.2) is 36.4 Å². The Balaban J connectivity index is 2.10. The molecule has 0 heterocycles. The number of rotatable bonds is 9. The molecule has 2 aromatic rings. The Hall–Kier alpha value is -2.92. The van der Waals surface area contributed by atoms with Crippen LogP contribution in [0.5, 0.6) is 23.0 Å². The van der Waals surface area contributed by atoms with Crippen LogP contribution < -0.4 is 18.9 Å². The van der Waals surface area contributed by atoms with Gasteiger partial charge in [0.15, 0.2) is 13.6 Å². The first-order chi connectivity index (χ1) is 15.4. The van der Waals surface area contributed by atoms with Crippen LogP contribution >= 0.6 is 7.80 Å². The second-order valence-electron chi connectivity index (χ2n) is 7.62. The molecule has 0 aliphatic heterocycles. The first-order valence-electron chi connectivity index (χ1n) is 10.4. The highest BCUT2D eigenvalue weighted by Gasteiger charge is 2.50. The molecule has 0 amide bonds. The maximum atomic E-state index is 13.9. The van der Waals surface area contributed by atoms with Crippen molar-refractivity contribution in [1.82, 2.24) is 0 Å². The highest BCUT2D eigenvalue weighted by atomic mass is 31.1. The maximum absolute atomic E-state index is 13.9. The van der Waals surface area contributed by atoms with Crippen LogP contribution in [-0.4, -0.2) is 44.9 Å². The molecule has 32 heavy (non-hydrogen) atoms. The van der Waals surface area contributed by atoms with Crippen molar-refractivity contribution in [3.63, 3.8) is 0 Å². The zero-order valence-corrected chi connectivity index (χ0v) is 19.7. The average molecular weight is 459 g/mol. The molecular weight excluding hydrogens is 431 g/mol. The van der Waals surface area contributed by atoms with Gasteiger partial charge in [0, 0.05) is 6.07 Å². The first-order valence-corrected chi connectivity index (χ1v) is 11.7. The minimum Gasteiger partial charge on any atom is -0.497 e. The number of methoxy groups -OCH3 is 4. The SMILES string of the molecule is COc1ccc(C(=O)C2([P](=O)C(=O)c3c(OC)cccc3OC)CCCCC2)c(OC)c1. The zero-order chi connectivity index (χ0) is 23.3. The highest BCUT2D eigenvalue weighted by Crippen LogP contribution is 2.54. The van der Waals surface area contributed by atoms with Crippen LogP contribution in [0.3, 0.4) is 0 Å². The molecular formula is C24H28O7P. The lowest BCUT2D eigenvalue weighted by molar-refractivity contribution is 0.0900. The third-order valence-corrected chi connectivity index (χ3v) is 7.99. The monoisotopic (exact) mass is 459 g/mol. The number of benzene rings is 2. The van der Waals surface area contributed by atoms with E-state index >= 15 is 0 Å². The summed E-state index contributed by atoms with van der Waals surface area (Å²) in [6, 6.07) is 9.78. The average Bonchev–Trinajstić information content (AvgIpc) is 2.86. The topological polar surface area (TPSA) is 88.1 Å². The number of hydrogen-bond acceptors (Lipinski definition) is 7. The van der Waals surface area contributed by atoms with Gasteiger partial charge in [-0.15, -0.1) is 0 Å². The van der Waals surface area contributed by atoms with E-state index in [0.717, 1.165) is 6.42 Å². The van der Waals surface area contributed by atoms with Crippen LogP contribution in [-0.2, 0) is 4.57 Å². The first kappa shape index (κ1) is 23.7. The molecule has 1 radical (unpaired) electrons. The Kier molecular flexibility index (Phi) is 7.52. The molecule has 0 spiro atoms. The van der Waals surface area contributed by atoms with Crippen molar-refractivity contribution < 1.29 is 33.1 Å². The Bertz CT molecular complexity index is 1000. The second-order valence-corrected chi connectivity index (χ2v) is 9.48. The van der Waals surface area contributed by atoms with Crippen LogP contribution in [0.2, 0.25) is 0 Å². The van der Waals surface area contributed by atoms with Gasteiger partial charge < -0.3 is 18.9 Å². The molecule has 0 N–H and O–H groups in total. The summed E-state index contributed by atoms with van der Waals surface area (Å²) in [5.74, 6) is 1.04. The predicted octanol–water partition coefficient (Wildman–Crippen LogP) is 5.27. The minimum absolute atomic E-state index is 0.0954. The van der Waals surface area contributed by atoms with Gasteiger partial charge in [0.2, 0.25) is 5.52 Å². The largest absolute Gasteiger partial charge is 0.497 e. The smallest absolute Gasteiger partial charge is 0.250 e. The quantitative estimate of drug-likeness (QED) is 0.373. The fraction of sp³-hybridized carbons (Fsp3) is 0.417. The summed E-state index contributed by atoms with van der Waals surface area (Å²) in [4.78, 5) is 27.4. The van der Waals surface area contributed by atoms with E-state index in [9.17, 15) is 14.2 Å².